The summed E-state index contributed by atoms with van der Waals surface area (Å²) in [5.74, 6) is -3.37. The number of hydrogen-bond donors (Lipinski definition) is 1. The van der Waals surface area contributed by atoms with Crippen LogP contribution in [0, 0.1) is 0 Å². The fourth-order valence-electron chi connectivity index (χ4n) is 5.31. The van der Waals surface area contributed by atoms with Crippen molar-refractivity contribution in [1.82, 2.24) is 4.90 Å². The van der Waals surface area contributed by atoms with Gasteiger partial charge in [0.25, 0.3) is 0 Å². The van der Waals surface area contributed by atoms with E-state index in [1.54, 1.807) is 53.4 Å². The van der Waals surface area contributed by atoms with E-state index in [4.69, 9.17) is 61.6 Å². The molecule has 0 radical (unpaired) electrons. The number of carbonyl (C=O) groups is 6. The third-order valence-electron chi connectivity index (χ3n) is 8.71. The van der Waals surface area contributed by atoms with Crippen molar-refractivity contribution >= 4 is 35.8 Å². The topological polar surface area (TPSA) is 246 Å². The van der Waals surface area contributed by atoms with Crippen molar-refractivity contribution in [2.24, 2.45) is 0 Å². The number of carbonyl (C=O) groups excluding carboxylic acids is 6. The number of rotatable bonds is 43. The minimum absolute atomic E-state index is 0.00501. The van der Waals surface area contributed by atoms with Gasteiger partial charge in [-0.2, -0.15) is 0 Å². The molecule has 0 aliphatic carbocycles. The standard InChI is InChI=1S/C47H77NO20/c1-12-42(50)63-25-34(6)60-32-41(31-56-22-33(5)59-26-37(9)66-45(53)15-4)62-28-39(11)68-47(55)17-19-48(20-21-49)18-16-46(54)67-38(10)27-61-40(29-57-23-35(7)64-43(51)13-2)30-58-24-36(8)65-44(52)14-3/h12-15,33-41,49H,1-4,16-32H2,5-11H3. The molecule has 0 aliphatic rings. The monoisotopic (exact) mass is 976 g/mol. The van der Waals surface area contributed by atoms with Gasteiger partial charge < -0.3 is 66.7 Å². The number of hydrogen-bond acceptors (Lipinski definition) is 21. The maximum atomic E-state index is 12.8. The fraction of sp³-hybridized carbons (Fsp3) is 0.702. The molecule has 8 atom stereocenters. The zero-order valence-corrected chi connectivity index (χ0v) is 41.0. The van der Waals surface area contributed by atoms with Crippen molar-refractivity contribution in [1.29, 1.82) is 0 Å². The molecule has 390 valence electrons. The van der Waals surface area contributed by atoms with Gasteiger partial charge in [-0.3, -0.25) is 14.5 Å². The van der Waals surface area contributed by atoms with E-state index in [-0.39, 0.29) is 118 Å². The van der Waals surface area contributed by atoms with Crippen LogP contribution in [0.4, 0.5) is 0 Å². The first kappa shape index (κ1) is 63.4. The zero-order valence-electron chi connectivity index (χ0n) is 41.0. The molecule has 0 amide bonds. The largest absolute Gasteiger partial charge is 0.460 e. The quantitative estimate of drug-likeness (QED) is 0.0524. The fourth-order valence-corrected chi connectivity index (χ4v) is 5.31. The van der Waals surface area contributed by atoms with Crippen LogP contribution >= 0.6 is 0 Å². The van der Waals surface area contributed by atoms with Gasteiger partial charge in [0.2, 0.25) is 0 Å². The van der Waals surface area contributed by atoms with Gasteiger partial charge in [-0.15, -0.1) is 0 Å². The minimum atomic E-state index is -0.674. The maximum absolute atomic E-state index is 12.8. The van der Waals surface area contributed by atoms with Crippen LogP contribution in [-0.4, -0.2) is 200 Å². The molecule has 0 rings (SSSR count). The lowest BCUT2D eigenvalue weighted by molar-refractivity contribution is -0.158. The molecule has 0 aromatic rings. The maximum Gasteiger partial charge on any atom is 0.330 e. The summed E-state index contributed by atoms with van der Waals surface area (Å²) in [6.45, 7) is 26.3. The molecule has 0 spiro atoms. The van der Waals surface area contributed by atoms with Crippen LogP contribution < -0.4 is 0 Å². The number of aliphatic hydroxyl groups is 1. The number of aliphatic hydroxyl groups excluding tert-OH is 1. The van der Waals surface area contributed by atoms with Gasteiger partial charge in [0.1, 0.15) is 49.3 Å². The lowest BCUT2D eigenvalue weighted by Gasteiger charge is -2.24. The highest BCUT2D eigenvalue weighted by Gasteiger charge is 2.21. The second kappa shape index (κ2) is 39.3. The second-order valence-electron chi connectivity index (χ2n) is 15.7. The van der Waals surface area contributed by atoms with Crippen LogP contribution in [0.3, 0.4) is 0 Å². The second-order valence-corrected chi connectivity index (χ2v) is 15.7. The average molecular weight is 976 g/mol. The summed E-state index contributed by atoms with van der Waals surface area (Å²) in [6.07, 6.45) is -0.886. The summed E-state index contributed by atoms with van der Waals surface area (Å²) in [7, 11) is 0. The van der Waals surface area contributed by atoms with E-state index in [0.29, 0.717) is 0 Å². The molecule has 8 unspecified atom stereocenters. The first-order valence-corrected chi connectivity index (χ1v) is 22.5. The minimum Gasteiger partial charge on any atom is -0.460 e. The number of ether oxygens (including phenoxy) is 13. The van der Waals surface area contributed by atoms with Crippen LogP contribution in [0.25, 0.3) is 0 Å². The Morgan fingerprint density at radius 1 is 0.412 bits per heavy atom. The molecule has 0 aromatic heterocycles. The Hall–Kier alpha value is -4.58. The van der Waals surface area contributed by atoms with Crippen LogP contribution in [0.2, 0.25) is 0 Å². The third kappa shape index (κ3) is 35.5. The summed E-state index contributed by atoms with van der Waals surface area (Å²) >= 11 is 0. The van der Waals surface area contributed by atoms with Gasteiger partial charge >= 0.3 is 35.8 Å². The van der Waals surface area contributed by atoms with E-state index in [9.17, 15) is 33.9 Å². The summed E-state index contributed by atoms with van der Waals surface area (Å²) < 4.78 is 72.1. The molecular formula is C47H77NO20. The molecule has 0 saturated carbocycles. The predicted molar refractivity (Wildman–Crippen MR) is 245 cm³/mol. The summed E-state index contributed by atoms with van der Waals surface area (Å²) in [5.41, 5.74) is 0. The average Bonchev–Trinajstić information content (AvgIpc) is 3.30. The van der Waals surface area contributed by atoms with Crippen molar-refractivity contribution in [2.45, 2.75) is 116 Å². The van der Waals surface area contributed by atoms with Gasteiger partial charge in [0.05, 0.1) is 97.7 Å². The predicted octanol–water partition coefficient (Wildman–Crippen LogP) is 2.64. The molecule has 21 nitrogen and oxygen atoms in total. The van der Waals surface area contributed by atoms with E-state index in [2.05, 4.69) is 26.3 Å². The van der Waals surface area contributed by atoms with E-state index in [1.165, 1.54) is 0 Å². The van der Waals surface area contributed by atoms with Crippen LogP contribution in [-0.2, 0) is 90.3 Å². The number of esters is 6. The van der Waals surface area contributed by atoms with Gasteiger partial charge in [0.15, 0.2) is 0 Å². The molecular weight excluding hydrogens is 899 g/mol. The lowest BCUT2D eigenvalue weighted by atomic mass is 10.3. The van der Waals surface area contributed by atoms with E-state index < -0.39 is 84.6 Å². The molecule has 0 fully saturated rings. The molecule has 0 bridgehead atoms. The Bertz CT molecular complexity index is 1460. The van der Waals surface area contributed by atoms with Crippen molar-refractivity contribution in [3.63, 3.8) is 0 Å². The smallest absolute Gasteiger partial charge is 0.330 e. The summed E-state index contributed by atoms with van der Waals surface area (Å²) in [6, 6.07) is 0. The third-order valence-corrected chi connectivity index (χ3v) is 8.71. The van der Waals surface area contributed by atoms with Crippen molar-refractivity contribution in [3.05, 3.63) is 50.6 Å². The van der Waals surface area contributed by atoms with Crippen LogP contribution in [0.1, 0.15) is 61.3 Å². The Morgan fingerprint density at radius 2 is 0.750 bits per heavy atom. The van der Waals surface area contributed by atoms with Crippen molar-refractivity contribution < 1.29 is 95.5 Å². The van der Waals surface area contributed by atoms with Crippen LogP contribution in [0.15, 0.2) is 50.6 Å². The SMILES string of the molecule is C=CC(=O)OCC(C)OCC(COCC(C)OCC(C)OC(=O)C=C)OCC(C)OC(=O)CCN(CCO)CCC(=O)OC(C)COC(COCC(C)OC(=O)C=C)COCC(C)OC(=O)C=C. The first-order valence-electron chi connectivity index (χ1n) is 22.5. The van der Waals surface area contributed by atoms with Gasteiger partial charge in [0, 0.05) is 43.9 Å². The Kier molecular flexibility index (Phi) is 36.6. The molecule has 0 aromatic carbocycles. The van der Waals surface area contributed by atoms with Crippen LogP contribution in [0.5, 0.6) is 0 Å². The zero-order chi connectivity index (χ0) is 51.3. The summed E-state index contributed by atoms with van der Waals surface area (Å²) in [5, 5.41) is 9.65. The van der Waals surface area contributed by atoms with Crippen molar-refractivity contribution in [2.75, 3.05) is 98.9 Å². The van der Waals surface area contributed by atoms with Gasteiger partial charge in [-0.25, -0.2) is 19.2 Å². The van der Waals surface area contributed by atoms with Gasteiger partial charge in [-0.05, 0) is 48.5 Å². The molecule has 68 heavy (non-hydrogen) atoms. The van der Waals surface area contributed by atoms with E-state index >= 15 is 0 Å². The van der Waals surface area contributed by atoms with Crippen molar-refractivity contribution in [3.8, 4) is 0 Å². The molecule has 0 aliphatic heterocycles. The van der Waals surface area contributed by atoms with Gasteiger partial charge in [-0.1, -0.05) is 26.3 Å². The summed E-state index contributed by atoms with van der Waals surface area (Å²) in [4.78, 5) is 73.2. The molecule has 21 heteroatoms. The molecule has 0 saturated heterocycles. The first-order chi connectivity index (χ1) is 32.3. The molecule has 0 heterocycles. The Labute approximate surface area is 401 Å². The van der Waals surface area contributed by atoms with E-state index in [0.717, 1.165) is 24.3 Å². The highest BCUT2D eigenvalue weighted by Crippen LogP contribution is 2.08. The Balaban J connectivity index is 5.08. The lowest BCUT2D eigenvalue weighted by Crippen LogP contribution is -2.35. The van der Waals surface area contributed by atoms with E-state index in [1.807, 2.05) is 0 Å². The normalized spacial score (nSPS) is 15.2. The highest BCUT2D eigenvalue weighted by molar-refractivity contribution is 5.82. The molecule has 1 N–H and O–H groups in total. The number of nitrogens with zero attached hydrogens (tertiary/aromatic N) is 1. The Morgan fingerprint density at radius 3 is 1.16 bits per heavy atom. The highest BCUT2D eigenvalue weighted by atomic mass is 16.6.